The highest BCUT2D eigenvalue weighted by Crippen LogP contribution is 2.15. The summed E-state index contributed by atoms with van der Waals surface area (Å²) in [7, 11) is 0. The number of hydrogen-bond acceptors (Lipinski definition) is 3. The molecule has 0 saturated heterocycles. The van der Waals surface area contributed by atoms with Crippen molar-refractivity contribution in [1.29, 1.82) is 0 Å². The molecule has 0 atom stereocenters. The number of aliphatic hydroxyl groups excluding tert-OH is 1. The second-order valence-corrected chi connectivity index (χ2v) is 2.76. The van der Waals surface area contributed by atoms with Gasteiger partial charge in [-0.3, -0.25) is 0 Å². The monoisotopic (exact) mass is 210 g/mol. The molecule has 4 heteroatoms. The average molecular weight is 210 g/mol. The van der Waals surface area contributed by atoms with Crippen LogP contribution in [0.5, 0.6) is 0 Å². The fourth-order valence-corrected chi connectivity index (χ4v) is 1.04. The first kappa shape index (κ1) is 11.2. The van der Waals surface area contributed by atoms with Crippen molar-refractivity contribution < 1.29 is 19.0 Å². The molecule has 0 fully saturated rings. The molecule has 3 nitrogen and oxygen atoms in total. The number of ether oxygens (including phenoxy) is 1. The number of hydrogen-bond donors (Lipinski definition) is 1. The number of aliphatic hydroxyl groups is 1. The van der Waals surface area contributed by atoms with E-state index in [1.54, 1.807) is 13.0 Å². The predicted molar refractivity (Wildman–Crippen MR) is 53.6 cm³/mol. The number of esters is 1. The first-order valence-electron chi connectivity index (χ1n) is 4.47. The number of rotatable bonds is 3. The highest BCUT2D eigenvalue weighted by molar-refractivity contribution is 5.89. The molecule has 0 saturated carbocycles. The molecular formula is C11H11FO3. The third-order valence-electron chi connectivity index (χ3n) is 1.69. The van der Waals surface area contributed by atoms with Crippen molar-refractivity contribution in [3.63, 3.8) is 0 Å². The molecule has 1 rings (SSSR count). The van der Waals surface area contributed by atoms with Crippen LogP contribution >= 0.6 is 0 Å². The highest BCUT2D eigenvalue weighted by atomic mass is 19.1. The van der Waals surface area contributed by atoms with E-state index in [2.05, 4.69) is 4.74 Å². The summed E-state index contributed by atoms with van der Waals surface area (Å²) in [6.07, 6.45) is 0.849. The smallest absolute Gasteiger partial charge is 0.334 e. The summed E-state index contributed by atoms with van der Waals surface area (Å²) in [5.74, 6) is -1.72. The number of carbonyl (C=O) groups is 1. The molecular weight excluding hydrogens is 199 g/mol. The minimum atomic E-state index is -0.696. The Morgan fingerprint density at radius 1 is 1.53 bits per heavy atom. The lowest BCUT2D eigenvalue weighted by atomic mass is 10.1. The molecule has 1 aromatic rings. The van der Waals surface area contributed by atoms with Gasteiger partial charge in [-0.1, -0.05) is 12.1 Å². The lowest BCUT2D eigenvalue weighted by Gasteiger charge is -2.01. The molecule has 80 valence electrons. The van der Waals surface area contributed by atoms with Crippen LogP contribution in [0.3, 0.4) is 0 Å². The molecule has 15 heavy (non-hydrogen) atoms. The molecule has 0 heterocycles. The summed E-state index contributed by atoms with van der Waals surface area (Å²) in [4.78, 5) is 11.0. The van der Waals surface area contributed by atoms with Crippen LogP contribution in [0.15, 0.2) is 30.3 Å². The molecule has 0 amide bonds. The minimum absolute atomic E-state index is 0.0226. The second kappa shape index (κ2) is 5.14. The van der Waals surface area contributed by atoms with E-state index in [9.17, 15) is 14.3 Å². The van der Waals surface area contributed by atoms with E-state index in [4.69, 9.17) is 0 Å². The maximum Gasteiger partial charge on any atom is 0.334 e. The van der Waals surface area contributed by atoms with Gasteiger partial charge in [0.25, 0.3) is 0 Å². The molecule has 0 aliphatic rings. The van der Waals surface area contributed by atoms with Crippen LogP contribution in [-0.4, -0.2) is 17.7 Å². The van der Waals surface area contributed by atoms with Crippen LogP contribution in [-0.2, 0) is 9.53 Å². The normalized spacial score (nSPS) is 11.2. The lowest BCUT2D eigenvalue weighted by Crippen LogP contribution is -2.01. The molecule has 0 radical (unpaired) electrons. The van der Waals surface area contributed by atoms with E-state index < -0.39 is 17.5 Å². The van der Waals surface area contributed by atoms with Crippen molar-refractivity contribution >= 4 is 11.7 Å². The van der Waals surface area contributed by atoms with Gasteiger partial charge in [-0.05, 0) is 19.1 Å². The maximum atomic E-state index is 13.1. The number of benzene rings is 1. The zero-order chi connectivity index (χ0) is 11.3. The first-order chi connectivity index (χ1) is 7.15. The van der Waals surface area contributed by atoms with Gasteiger partial charge >= 0.3 is 5.97 Å². The van der Waals surface area contributed by atoms with Gasteiger partial charge in [0.05, 0.1) is 18.2 Å². The minimum Gasteiger partial charge on any atom is -0.507 e. The maximum absolute atomic E-state index is 13.1. The Labute approximate surface area is 86.8 Å². The molecule has 0 unspecified atom stereocenters. The van der Waals surface area contributed by atoms with Gasteiger partial charge in [0.1, 0.15) is 11.6 Å². The van der Waals surface area contributed by atoms with Crippen LogP contribution < -0.4 is 0 Å². The van der Waals surface area contributed by atoms with Gasteiger partial charge in [0.2, 0.25) is 0 Å². The lowest BCUT2D eigenvalue weighted by molar-refractivity contribution is -0.137. The van der Waals surface area contributed by atoms with E-state index in [1.165, 1.54) is 18.2 Å². The molecule has 0 aromatic heterocycles. The van der Waals surface area contributed by atoms with Crippen LogP contribution in [0, 0.1) is 5.82 Å². The Morgan fingerprint density at radius 3 is 2.80 bits per heavy atom. The zero-order valence-corrected chi connectivity index (χ0v) is 8.24. The van der Waals surface area contributed by atoms with Crippen molar-refractivity contribution in [1.82, 2.24) is 0 Å². The van der Waals surface area contributed by atoms with Gasteiger partial charge in [0, 0.05) is 0 Å². The van der Waals surface area contributed by atoms with Crippen LogP contribution in [0.25, 0.3) is 5.76 Å². The Morgan fingerprint density at radius 2 is 2.20 bits per heavy atom. The summed E-state index contributed by atoms with van der Waals surface area (Å²) < 4.78 is 17.7. The quantitative estimate of drug-likeness (QED) is 0.473. The van der Waals surface area contributed by atoms with E-state index in [-0.39, 0.29) is 12.2 Å². The van der Waals surface area contributed by atoms with Crippen LogP contribution in [0.1, 0.15) is 12.5 Å². The fraction of sp³-hybridized carbons (Fsp3) is 0.182. The zero-order valence-electron chi connectivity index (χ0n) is 8.24. The molecule has 0 bridgehead atoms. The molecule has 0 aliphatic carbocycles. The van der Waals surface area contributed by atoms with E-state index in [0.29, 0.717) is 0 Å². The highest BCUT2D eigenvalue weighted by Gasteiger charge is 2.07. The van der Waals surface area contributed by atoms with Gasteiger partial charge in [0.15, 0.2) is 0 Å². The molecule has 0 spiro atoms. The van der Waals surface area contributed by atoms with Gasteiger partial charge in [-0.25, -0.2) is 9.18 Å². The predicted octanol–water partition coefficient (Wildman–Crippen LogP) is 2.29. The molecule has 1 N–H and O–H groups in total. The second-order valence-electron chi connectivity index (χ2n) is 2.76. The summed E-state index contributed by atoms with van der Waals surface area (Å²) in [6, 6.07) is 5.63. The molecule has 1 aromatic carbocycles. The summed E-state index contributed by atoms with van der Waals surface area (Å²) in [5, 5.41) is 9.42. The van der Waals surface area contributed by atoms with Crippen LogP contribution in [0.4, 0.5) is 4.39 Å². The summed E-state index contributed by atoms with van der Waals surface area (Å²) in [5.41, 5.74) is -0.0226. The van der Waals surface area contributed by atoms with Gasteiger partial charge < -0.3 is 9.84 Å². The van der Waals surface area contributed by atoms with Crippen molar-refractivity contribution in [3.05, 3.63) is 41.7 Å². The Bertz CT molecular complexity index is 385. The average Bonchev–Trinajstić information content (AvgIpc) is 2.18. The largest absolute Gasteiger partial charge is 0.507 e. The fourth-order valence-electron chi connectivity index (χ4n) is 1.04. The Kier molecular flexibility index (Phi) is 3.85. The van der Waals surface area contributed by atoms with Gasteiger partial charge in [-0.2, -0.15) is 0 Å². The van der Waals surface area contributed by atoms with E-state index >= 15 is 0 Å². The standard InChI is InChI=1S/C11H11FO3/c1-2-15-11(14)7-10(13)8-5-3-4-6-9(8)12/h3-7,13H,2H2,1H3/b10-7-. The first-order valence-corrected chi connectivity index (χ1v) is 4.47. The SMILES string of the molecule is CCOC(=O)/C=C(\O)c1ccccc1F. The van der Waals surface area contributed by atoms with Crippen molar-refractivity contribution in [2.75, 3.05) is 6.61 Å². The third kappa shape index (κ3) is 3.09. The summed E-state index contributed by atoms with van der Waals surface area (Å²) >= 11 is 0. The van der Waals surface area contributed by atoms with Crippen LogP contribution in [0.2, 0.25) is 0 Å². The van der Waals surface area contributed by atoms with Crippen molar-refractivity contribution in [3.8, 4) is 0 Å². The van der Waals surface area contributed by atoms with E-state index in [0.717, 1.165) is 6.08 Å². The number of halogens is 1. The van der Waals surface area contributed by atoms with E-state index in [1.807, 2.05) is 0 Å². The Hall–Kier alpha value is -1.84. The third-order valence-corrected chi connectivity index (χ3v) is 1.69. The molecule has 0 aliphatic heterocycles. The summed E-state index contributed by atoms with van der Waals surface area (Å²) in [6.45, 7) is 1.85. The van der Waals surface area contributed by atoms with Gasteiger partial charge in [-0.15, -0.1) is 0 Å². The van der Waals surface area contributed by atoms with Crippen molar-refractivity contribution in [2.45, 2.75) is 6.92 Å². The topological polar surface area (TPSA) is 46.5 Å². The number of carbonyl (C=O) groups excluding carboxylic acids is 1. The Balaban J connectivity index is 2.89. The van der Waals surface area contributed by atoms with Crippen molar-refractivity contribution in [2.24, 2.45) is 0 Å².